The minimum atomic E-state index is -0.694. The minimum absolute atomic E-state index is 0.00238. The molecule has 3 N–H and O–H groups in total. The van der Waals surface area contributed by atoms with E-state index in [0.717, 1.165) is 6.07 Å². The summed E-state index contributed by atoms with van der Waals surface area (Å²) in [6.07, 6.45) is 0. The van der Waals surface area contributed by atoms with Gasteiger partial charge in [0.2, 0.25) is 5.91 Å². The Bertz CT molecular complexity index is 783. The van der Waals surface area contributed by atoms with Crippen molar-refractivity contribution in [1.82, 2.24) is 0 Å². The van der Waals surface area contributed by atoms with Crippen molar-refractivity contribution in [3.8, 4) is 17.6 Å². The Morgan fingerprint density at radius 2 is 2.10 bits per heavy atom. The fraction of sp³-hybridized carbons (Fsp3) is 0.0667. The molecule has 0 aromatic heterocycles. The van der Waals surface area contributed by atoms with Crippen molar-refractivity contribution in [2.45, 2.75) is 6.04 Å². The van der Waals surface area contributed by atoms with Crippen LogP contribution in [-0.2, 0) is 4.79 Å². The van der Waals surface area contributed by atoms with E-state index in [-0.39, 0.29) is 17.2 Å². The summed E-state index contributed by atoms with van der Waals surface area (Å²) in [5.41, 5.74) is 7.15. The summed E-state index contributed by atoms with van der Waals surface area (Å²) in [6.45, 7) is 0. The van der Waals surface area contributed by atoms with Crippen LogP contribution in [0.15, 0.2) is 36.4 Å². The summed E-state index contributed by atoms with van der Waals surface area (Å²) in [7, 11) is 0. The van der Waals surface area contributed by atoms with Crippen LogP contribution >= 0.6 is 0 Å². The normalized spacial score (nSPS) is 16.0. The molecule has 2 aromatic carbocycles. The number of anilines is 1. The number of amides is 1. The molecule has 1 heterocycles. The van der Waals surface area contributed by atoms with Gasteiger partial charge >= 0.3 is 0 Å². The molecule has 1 aliphatic rings. The van der Waals surface area contributed by atoms with Crippen LogP contribution in [0.1, 0.15) is 17.2 Å². The van der Waals surface area contributed by atoms with Crippen molar-refractivity contribution in [1.29, 1.82) is 5.26 Å². The molecule has 21 heavy (non-hydrogen) atoms. The standard InChI is InChI=1S/C15H10FN3O2/c16-11-5-8(7-17)1-4-13(11)21-9-2-3-10-12(6-9)19-15(20)14(10)18/h1-6,14H,18H2,(H,19,20). The predicted molar refractivity (Wildman–Crippen MR) is 73.2 cm³/mol. The van der Waals surface area contributed by atoms with Gasteiger partial charge in [0.25, 0.3) is 0 Å². The molecule has 0 spiro atoms. The van der Waals surface area contributed by atoms with Crippen molar-refractivity contribution >= 4 is 11.6 Å². The highest BCUT2D eigenvalue weighted by Gasteiger charge is 2.27. The number of nitrogens with two attached hydrogens (primary N) is 1. The second-order valence-electron chi connectivity index (χ2n) is 4.58. The lowest BCUT2D eigenvalue weighted by molar-refractivity contribution is -0.116. The van der Waals surface area contributed by atoms with Gasteiger partial charge in [-0.15, -0.1) is 0 Å². The van der Waals surface area contributed by atoms with E-state index in [1.165, 1.54) is 12.1 Å². The highest BCUT2D eigenvalue weighted by atomic mass is 19.1. The summed E-state index contributed by atoms with van der Waals surface area (Å²) >= 11 is 0. The Labute approximate surface area is 119 Å². The number of nitriles is 1. The summed E-state index contributed by atoms with van der Waals surface area (Å²) < 4.78 is 19.2. The van der Waals surface area contributed by atoms with Crippen molar-refractivity contribution < 1.29 is 13.9 Å². The molecule has 1 aliphatic heterocycles. The molecular weight excluding hydrogens is 273 g/mol. The van der Waals surface area contributed by atoms with Crippen LogP contribution in [-0.4, -0.2) is 5.91 Å². The first kappa shape index (κ1) is 13.1. The molecule has 5 nitrogen and oxygen atoms in total. The Kier molecular flexibility index (Phi) is 3.05. The molecule has 6 heteroatoms. The average Bonchev–Trinajstić information content (AvgIpc) is 2.76. The van der Waals surface area contributed by atoms with Crippen LogP contribution in [0.4, 0.5) is 10.1 Å². The van der Waals surface area contributed by atoms with Gasteiger partial charge in [-0.1, -0.05) is 6.07 Å². The second kappa shape index (κ2) is 4.89. The molecular formula is C15H10FN3O2. The largest absolute Gasteiger partial charge is 0.454 e. The number of fused-ring (bicyclic) bond motifs is 1. The molecule has 0 bridgehead atoms. The van der Waals surface area contributed by atoms with Crippen molar-refractivity contribution in [2.24, 2.45) is 5.73 Å². The van der Waals surface area contributed by atoms with Gasteiger partial charge < -0.3 is 15.8 Å². The SMILES string of the molecule is N#Cc1ccc(Oc2ccc3c(c2)NC(=O)C3N)c(F)c1. The second-order valence-corrected chi connectivity index (χ2v) is 4.58. The van der Waals surface area contributed by atoms with E-state index in [4.69, 9.17) is 15.7 Å². The number of hydrogen-bond donors (Lipinski definition) is 2. The Morgan fingerprint density at radius 1 is 1.29 bits per heavy atom. The minimum Gasteiger partial charge on any atom is -0.454 e. The third-order valence-electron chi connectivity index (χ3n) is 3.19. The number of ether oxygens (including phenoxy) is 1. The van der Waals surface area contributed by atoms with Gasteiger partial charge in [-0.3, -0.25) is 4.79 Å². The number of halogens is 1. The fourth-order valence-corrected chi connectivity index (χ4v) is 2.11. The highest BCUT2D eigenvalue weighted by Crippen LogP contribution is 2.34. The van der Waals surface area contributed by atoms with E-state index in [1.54, 1.807) is 18.2 Å². The number of carbonyl (C=O) groups excluding carboxylic acids is 1. The Morgan fingerprint density at radius 3 is 2.81 bits per heavy atom. The quantitative estimate of drug-likeness (QED) is 0.886. The number of rotatable bonds is 2. The van der Waals surface area contributed by atoms with E-state index in [9.17, 15) is 9.18 Å². The topological polar surface area (TPSA) is 88.1 Å². The lowest BCUT2D eigenvalue weighted by Crippen LogP contribution is -2.19. The van der Waals surface area contributed by atoms with Crippen molar-refractivity contribution in [3.63, 3.8) is 0 Å². The van der Waals surface area contributed by atoms with Gasteiger partial charge in [0.1, 0.15) is 11.8 Å². The van der Waals surface area contributed by atoms with Crippen LogP contribution in [0.25, 0.3) is 0 Å². The number of nitrogens with one attached hydrogen (secondary N) is 1. The summed E-state index contributed by atoms with van der Waals surface area (Å²) in [6, 6.07) is 9.94. The molecule has 104 valence electrons. The molecule has 1 unspecified atom stereocenters. The lowest BCUT2D eigenvalue weighted by atomic mass is 10.1. The monoisotopic (exact) mass is 283 g/mol. The maximum atomic E-state index is 13.8. The van der Waals surface area contributed by atoms with Crippen molar-refractivity contribution in [2.75, 3.05) is 5.32 Å². The van der Waals surface area contributed by atoms with Crippen LogP contribution in [0.5, 0.6) is 11.5 Å². The number of benzene rings is 2. The first-order chi connectivity index (χ1) is 10.1. The van der Waals surface area contributed by atoms with Gasteiger partial charge in [-0.25, -0.2) is 4.39 Å². The lowest BCUT2D eigenvalue weighted by Gasteiger charge is -2.08. The zero-order valence-electron chi connectivity index (χ0n) is 10.8. The third-order valence-corrected chi connectivity index (χ3v) is 3.19. The van der Waals surface area contributed by atoms with Crippen molar-refractivity contribution in [3.05, 3.63) is 53.3 Å². The average molecular weight is 283 g/mol. The van der Waals surface area contributed by atoms with E-state index in [0.29, 0.717) is 17.0 Å². The van der Waals surface area contributed by atoms with Crippen LogP contribution in [0.3, 0.4) is 0 Å². The Balaban J connectivity index is 1.89. The molecule has 0 aliphatic carbocycles. The predicted octanol–water partition coefficient (Wildman–Crippen LogP) is 2.44. The van der Waals surface area contributed by atoms with E-state index in [1.807, 2.05) is 6.07 Å². The number of carbonyl (C=O) groups is 1. The van der Waals surface area contributed by atoms with Gasteiger partial charge in [-0.2, -0.15) is 5.26 Å². The number of nitrogens with zero attached hydrogens (tertiary/aromatic N) is 1. The van der Waals surface area contributed by atoms with E-state index in [2.05, 4.69) is 5.32 Å². The maximum absolute atomic E-state index is 13.8. The number of hydrogen-bond acceptors (Lipinski definition) is 4. The van der Waals surface area contributed by atoms with Crippen LogP contribution in [0, 0.1) is 17.1 Å². The summed E-state index contributed by atoms with van der Waals surface area (Å²) in [4.78, 5) is 11.5. The molecule has 0 saturated heterocycles. The van der Waals surface area contributed by atoms with Crippen LogP contribution in [0.2, 0.25) is 0 Å². The van der Waals surface area contributed by atoms with Gasteiger partial charge in [0, 0.05) is 17.3 Å². The van der Waals surface area contributed by atoms with Gasteiger partial charge in [-0.05, 0) is 24.3 Å². The molecule has 1 amide bonds. The third kappa shape index (κ3) is 2.30. The van der Waals surface area contributed by atoms with Gasteiger partial charge in [0.05, 0.1) is 11.6 Å². The molecule has 3 rings (SSSR count). The first-order valence-corrected chi connectivity index (χ1v) is 6.16. The fourth-order valence-electron chi connectivity index (χ4n) is 2.11. The van der Waals surface area contributed by atoms with E-state index < -0.39 is 11.9 Å². The summed E-state index contributed by atoms with van der Waals surface area (Å²) in [5.74, 6) is -0.545. The van der Waals surface area contributed by atoms with E-state index >= 15 is 0 Å². The molecule has 0 radical (unpaired) electrons. The van der Waals surface area contributed by atoms with Gasteiger partial charge in [0.15, 0.2) is 11.6 Å². The Hall–Kier alpha value is -2.91. The smallest absolute Gasteiger partial charge is 0.245 e. The first-order valence-electron chi connectivity index (χ1n) is 6.16. The van der Waals surface area contributed by atoms with Crippen LogP contribution < -0.4 is 15.8 Å². The molecule has 1 atom stereocenters. The zero-order valence-corrected chi connectivity index (χ0v) is 10.8. The summed E-state index contributed by atoms with van der Waals surface area (Å²) in [5, 5.41) is 11.3. The maximum Gasteiger partial charge on any atom is 0.245 e. The highest BCUT2D eigenvalue weighted by molar-refractivity contribution is 6.02. The molecule has 0 saturated carbocycles. The zero-order chi connectivity index (χ0) is 15.0. The molecule has 2 aromatic rings. The molecule has 0 fully saturated rings.